The number of halogens is 1. The van der Waals surface area contributed by atoms with Crippen LogP contribution in [0.2, 0.25) is 0 Å². The average Bonchev–Trinajstić information content (AvgIpc) is 2.28. The molecular weight excluding hydrogens is 213 g/mol. The Hall–Kier alpha value is -1.62. The van der Waals surface area contributed by atoms with Gasteiger partial charge in [0.25, 0.3) is 0 Å². The van der Waals surface area contributed by atoms with Crippen LogP contribution in [-0.4, -0.2) is 26.5 Å². The molecule has 0 saturated heterocycles. The van der Waals surface area contributed by atoms with Gasteiger partial charge in [0.05, 0.1) is 19.8 Å². The zero-order chi connectivity index (χ0) is 12.1. The Bertz CT molecular complexity index is 393. The summed E-state index contributed by atoms with van der Waals surface area (Å²) >= 11 is 0. The molecule has 0 atom stereocenters. The van der Waals surface area contributed by atoms with Crippen molar-refractivity contribution in [3.63, 3.8) is 0 Å². The predicted molar refractivity (Wildman–Crippen MR) is 57.5 cm³/mol. The molecule has 0 saturated carbocycles. The summed E-state index contributed by atoms with van der Waals surface area (Å²) in [5, 5.41) is 0. The molecule has 88 valence electrons. The smallest absolute Gasteiger partial charge is 0.171 e. The summed E-state index contributed by atoms with van der Waals surface area (Å²) in [6.45, 7) is 0.209. The number of ether oxygens (including phenoxy) is 2. The van der Waals surface area contributed by atoms with E-state index in [0.29, 0.717) is 0 Å². The molecule has 0 heterocycles. The number of benzene rings is 1. The Morgan fingerprint density at radius 3 is 2.56 bits per heavy atom. The number of Topliss-reactive ketones (excluding diaryl/α,β-unsaturated/α-hetero) is 1. The van der Waals surface area contributed by atoms with Gasteiger partial charge in [0.2, 0.25) is 0 Å². The number of hydrogen-bond donors (Lipinski definition) is 1. The first-order valence-electron chi connectivity index (χ1n) is 4.78. The average molecular weight is 227 g/mol. The molecule has 0 aliphatic carbocycles. The lowest BCUT2D eigenvalue weighted by Crippen LogP contribution is -2.10. The molecule has 16 heavy (non-hydrogen) atoms. The normalized spacial score (nSPS) is 10.0. The van der Waals surface area contributed by atoms with Gasteiger partial charge >= 0.3 is 0 Å². The van der Waals surface area contributed by atoms with Crippen LogP contribution in [0.15, 0.2) is 12.1 Å². The molecule has 0 aliphatic heterocycles. The van der Waals surface area contributed by atoms with E-state index in [4.69, 9.17) is 15.2 Å². The molecule has 0 fully saturated rings. The second-order valence-electron chi connectivity index (χ2n) is 3.15. The van der Waals surface area contributed by atoms with Crippen molar-refractivity contribution in [3.05, 3.63) is 23.5 Å². The summed E-state index contributed by atoms with van der Waals surface area (Å²) in [7, 11) is 2.78. The summed E-state index contributed by atoms with van der Waals surface area (Å²) in [5.41, 5.74) is 5.44. The molecule has 5 heteroatoms. The Kier molecular flexibility index (Phi) is 4.25. The molecule has 2 N–H and O–H groups in total. The van der Waals surface area contributed by atoms with Crippen molar-refractivity contribution in [3.8, 4) is 11.5 Å². The van der Waals surface area contributed by atoms with E-state index in [1.165, 1.54) is 14.2 Å². The molecular formula is C11H14FNO3. The van der Waals surface area contributed by atoms with Crippen molar-refractivity contribution in [1.82, 2.24) is 0 Å². The molecule has 0 aliphatic rings. The van der Waals surface area contributed by atoms with Crippen LogP contribution < -0.4 is 15.2 Å². The van der Waals surface area contributed by atoms with Crippen LogP contribution in [0.1, 0.15) is 16.8 Å². The molecule has 1 aromatic rings. The molecule has 4 nitrogen and oxygen atoms in total. The van der Waals surface area contributed by atoms with Gasteiger partial charge in [0.15, 0.2) is 17.3 Å². The van der Waals surface area contributed by atoms with Crippen LogP contribution in [-0.2, 0) is 0 Å². The van der Waals surface area contributed by atoms with Gasteiger partial charge in [-0.15, -0.1) is 0 Å². The minimum Gasteiger partial charge on any atom is -0.493 e. The zero-order valence-corrected chi connectivity index (χ0v) is 9.25. The lowest BCUT2D eigenvalue weighted by Gasteiger charge is -2.11. The largest absolute Gasteiger partial charge is 0.493 e. The van der Waals surface area contributed by atoms with Gasteiger partial charge in [0.1, 0.15) is 5.82 Å². The maximum atomic E-state index is 13.2. The first-order valence-corrected chi connectivity index (χ1v) is 4.78. The highest BCUT2D eigenvalue weighted by molar-refractivity contribution is 5.99. The second kappa shape index (κ2) is 5.46. The number of carbonyl (C=O) groups is 1. The summed E-state index contributed by atoms with van der Waals surface area (Å²) in [5.74, 6) is -0.375. The molecule has 1 aromatic carbocycles. The van der Waals surface area contributed by atoms with Gasteiger partial charge in [-0.1, -0.05) is 0 Å². The van der Waals surface area contributed by atoms with Crippen molar-refractivity contribution in [2.24, 2.45) is 5.73 Å². The van der Waals surface area contributed by atoms with Crippen LogP contribution >= 0.6 is 0 Å². The van der Waals surface area contributed by atoms with Gasteiger partial charge < -0.3 is 15.2 Å². The Balaban J connectivity index is 3.24. The lowest BCUT2D eigenvalue weighted by molar-refractivity contribution is 0.0981. The Morgan fingerprint density at radius 1 is 1.38 bits per heavy atom. The Morgan fingerprint density at radius 2 is 2.06 bits per heavy atom. The van der Waals surface area contributed by atoms with E-state index >= 15 is 0 Å². The highest BCUT2D eigenvalue weighted by atomic mass is 19.1. The quantitative estimate of drug-likeness (QED) is 0.772. The monoisotopic (exact) mass is 227 g/mol. The van der Waals surface area contributed by atoms with Gasteiger partial charge in [-0.2, -0.15) is 0 Å². The van der Waals surface area contributed by atoms with Crippen LogP contribution in [0.3, 0.4) is 0 Å². The van der Waals surface area contributed by atoms with E-state index in [1.54, 1.807) is 0 Å². The molecule has 0 unspecified atom stereocenters. The van der Waals surface area contributed by atoms with E-state index in [9.17, 15) is 9.18 Å². The van der Waals surface area contributed by atoms with Crippen LogP contribution in [0, 0.1) is 5.82 Å². The highest BCUT2D eigenvalue weighted by Crippen LogP contribution is 2.32. The van der Waals surface area contributed by atoms with Gasteiger partial charge in [-0.05, 0) is 12.6 Å². The van der Waals surface area contributed by atoms with Crippen LogP contribution in [0.5, 0.6) is 11.5 Å². The van der Waals surface area contributed by atoms with Crippen molar-refractivity contribution in [2.75, 3.05) is 20.8 Å². The summed E-state index contributed by atoms with van der Waals surface area (Å²) < 4.78 is 23.2. The summed E-state index contributed by atoms with van der Waals surface area (Å²) in [6, 6.07) is 2.29. The zero-order valence-electron chi connectivity index (χ0n) is 9.25. The minimum atomic E-state index is -0.543. The van der Waals surface area contributed by atoms with Crippen LogP contribution in [0.25, 0.3) is 0 Å². The van der Waals surface area contributed by atoms with Crippen molar-refractivity contribution >= 4 is 5.78 Å². The first kappa shape index (κ1) is 12.4. The molecule has 0 radical (unpaired) electrons. The fourth-order valence-electron chi connectivity index (χ4n) is 1.40. The molecule has 0 spiro atoms. The van der Waals surface area contributed by atoms with E-state index in [2.05, 4.69) is 0 Å². The minimum absolute atomic E-state index is 0.142. The third kappa shape index (κ3) is 2.49. The third-order valence-electron chi connectivity index (χ3n) is 2.12. The van der Waals surface area contributed by atoms with E-state index in [0.717, 1.165) is 12.1 Å². The number of ketones is 1. The van der Waals surface area contributed by atoms with Gasteiger partial charge in [-0.25, -0.2) is 4.39 Å². The molecule has 0 bridgehead atoms. The van der Waals surface area contributed by atoms with Crippen molar-refractivity contribution < 1.29 is 18.7 Å². The van der Waals surface area contributed by atoms with E-state index in [-0.39, 0.29) is 35.8 Å². The third-order valence-corrected chi connectivity index (χ3v) is 2.12. The first-order chi connectivity index (χ1) is 7.63. The number of methoxy groups -OCH3 is 2. The SMILES string of the molecule is COc1cc(F)cc(C(=O)CCN)c1OC. The topological polar surface area (TPSA) is 61.5 Å². The maximum Gasteiger partial charge on any atom is 0.171 e. The fourth-order valence-corrected chi connectivity index (χ4v) is 1.40. The van der Waals surface area contributed by atoms with E-state index < -0.39 is 5.82 Å². The second-order valence-corrected chi connectivity index (χ2v) is 3.15. The Labute approximate surface area is 93.2 Å². The van der Waals surface area contributed by atoms with Gasteiger partial charge in [0, 0.05) is 12.5 Å². The number of rotatable bonds is 5. The number of hydrogen-bond acceptors (Lipinski definition) is 4. The molecule has 1 rings (SSSR count). The highest BCUT2D eigenvalue weighted by Gasteiger charge is 2.17. The summed E-state index contributed by atoms with van der Waals surface area (Å²) in [4.78, 5) is 11.7. The lowest BCUT2D eigenvalue weighted by atomic mass is 10.1. The van der Waals surface area contributed by atoms with Crippen LogP contribution in [0.4, 0.5) is 4.39 Å². The summed E-state index contributed by atoms with van der Waals surface area (Å²) in [6.07, 6.45) is 0.142. The molecule has 0 amide bonds. The number of carbonyl (C=O) groups excluding carboxylic acids is 1. The fraction of sp³-hybridized carbons (Fsp3) is 0.364. The van der Waals surface area contributed by atoms with Crippen molar-refractivity contribution in [1.29, 1.82) is 0 Å². The number of nitrogens with two attached hydrogens (primary N) is 1. The molecule has 0 aromatic heterocycles. The predicted octanol–water partition coefficient (Wildman–Crippen LogP) is 1.37. The standard InChI is InChI=1S/C11H14FNO3/c1-15-10-6-7(12)5-8(11(10)16-2)9(14)3-4-13/h5-6H,3-4,13H2,1-2H3. The van der Waals surface area contributed by atoms with Crippen molar-refractivity contribution in [2.45, 2.75) is 6.42 Å². The van der Waals surface area contributed by atoms with E-state index in [1.807, 2.05) is 0 Å². The maximum absolute atomic E-state index is 13.2. The van der Waals surface area contributed by atoms with Gasteiger partial charge in [-0.3, -0.25) is 4.79 Å².